The minimum Gasteiger partial charge on any atom is -0.478 e. The van der Waals surface area contributed by atoms with E-state index >= 15 is 0 Å². The van der Waals surface area contributed by atoms with Crippen molar-refractivity contribution >= 4 is 17.3 Å². The van der Waals surface area contributed by atoms with Gasteiger partial charge < -0.3 is 15.4 Å². The molecule has 0 fully saturated rings. The maximum atomic E-state index is 12.9. The lowest BCUT2D eigenvalue weighted by molar-refractivity contribution is -0.126. The Kier molecular flexibility index (Phi) is 4.74. The van der Waals surface area contributed by atoms with Gasteiger partial charge >= 0.3 is 0 Å². The van der Waals surface area contributed by atoms with Crippen molar-refractivity contribution in [1.29, 1.82) is 0 Å². The Morgan fingerprint density at radius 1 is 1.08 bits per heavy atom. The van der Waals surface area contributed by atoms with Gasteiger partial charge in [-0.05, 0) is 42.2 Å². The number of carbonyl (C=O) groups is 1. The van der Waals surface area contributed by atoms with Gasteiger partial charge in [-0.15, -0.1) is 0 Å². The number of carbonyl (C=O) groups excluding carboxylic acids is 1. The molecule has 0 aromatic heterocycles. The molecule has 3 rings (SSSR count). The highest BCUT2D eigenvalue weighted by Gasteiger charge is 2.34. The molecular weight excluding hydrogens is 300 g/mol. The van der Waals surface area contributed by atoms with E-state index in [1.54, 1.807) is 4.90 Å². The van der Waals surface area contributed by atoms with E-state index in [9.17, 15) is 4.79 Å². The number of hydrogen-bond donors (Lipinski definition) is 1. The summed E-state index contributed by atoms with van der Waals surface area (Å²) < 4.78 is 5.99. The summed E-state index contributed by atoms with van der Waals surface area (Å²) in [5.41, 5.74) is 9.70. The van der Waals surface area contributed by atoms with Crippen molar-refractivity contribution in [2.45, 2.75) is 39.2 Å². The van der Waals surface area contributed by atoms with Crippen LogP contribution in [0.2, 0.25) is 0 Å². The summed E-state index contributed by atoms with van der Waals surface area (Å²) in [5.74, 6) is 0.738. The van der Waals surface area contributed by atoms with Gasteiger partial charge in [0.2, 0.25) is 0 Å². The predicted octanol–water partition coefficient (Wildman–Crippen LogP) is 3.58. The zero-order chi connectivity index (χ0) is 17.1. The number of amides is 1. The molecule has 1 atom stereocenters. The smallest absolute Gasteiger partial charge is 0.268 e. The van der Waals surface area contributed by atoms with E-state index < -0.39 is 6.10 Å². The van der Waals surface area contributed by atoms with Crippen molar-refractivity contribution in [3.63, 3.8) is 0 Å². The van der Waals surface area contributed by atoms with Crippen LogP contribution in [-0.2, 0) is 17.6 Å². The molecule has 2 aromatic carbocycles. The van der Waals surface area contributed by atoms with Crippen LogP contribution in [0.5, 0.6) is 5.75 Å². The van der Waals surface area contributed by atoms with Crippen LogP contribution >= 0.6 is 0 Å². The monoisotopic (exact) mass is 324 g/mol. The fraction of sp³-hybridized carbons (Fsp3) is 0.350. The number of nitrogen functional groups attached to an aromatic ring is 1. The molecule has 4 nitrogen and oxygen atoms in total. The molecule has 0 spiro atoms. The van der Waals surface area contributed by atoms with Gasteiger partial charge in [-0.3, -0.25) is 4.79 Å². The minimum absolute atomic E-state index is 0.00881. The highest BCUT2D eigenvalue weighted by Crippen LogP contribution is 2.36. The van der Waals surface area contributed by atoms with Crippen molar-refractivity contribution in [2.75, 3.05) is 17.2 Å². The van der Waals surface area contributed by atoms with Crippen LogP contribution in [0.15, 0.2) is 42.5 Å². The number of fused-ring (bicyclic) bond motifs is 1. The highest BCUT2D eigenvalue weighted by molar-refractivity contribution is 6.00. The molecule has 1 aliphatic rings. The van der Waals surface area contributed by atoms with Crippen LogP contribution in [0.4, 0.5) is 11.4 Å². The Morgan fingerprint density at radius 2 is 1.79 bits per heavy atom. The number of aryl methyl sites for hydroxylation is 1. The first-order valence-corrected chi connectivity index (χ1v) is 8.57. The van der Waals surface area contributed by atoms with Gasteiger partial charge in [0, 0.05) is 18.7 Å². The molecule has 126 valence electrons. The molecule has 0 saturated heterocycles. The molecule has 1 aliphatic heterocycles. The number of ether oxygens (including phenoxy) is 1. The Labute approximate surface area is 143 Å². The molecule has 0 aliphatic carbocycles. The van der Waals surface area contributed by atoms with Crippen molar-refractivity contribution in [3.05, 3.63) is 53.6 Å². The minimum atomic E-state index is -0.486. The molecule has 2 N–H and O–H groups in total. The lowest BCUT2D eigenvalue weighted by atomic mass is 10.0. The number of benzene rings is 2. The third-order valence-electron chi connectivity index (χ3n) is 4.38. The Morgan fingerprint density at radius 3 is 2.46 bits per heavy atom. The Bertz CT molecular complexity index is 725. The summed E-state index contributed by atoms with van der Waals surface area (Å²) in [6.07, 6.45) is 1.99. The molecule has 2 aromatic rings. The number of nitrogens with two attached hydrogens (primary N) is 1. The van der Waals surface area contributed by atoms with E-state index in [0.717, 1.165) is 29.8 Å². The van der Waals surface area contributed by atoms with Gasteiger partial charge in [-0.25, -0.2) is 0 Å². The fourth-order valence-electron chi connectivity index (χ4n) is 3.05. The molecule has 1 amide bonds. The topological polar surface area (TPSA) is 55.6 Å². The van der Waals surface area contributed by atoms with E-state index in [-0.39, 0.29) is 5.91 Å². The summed E-state index contributed by atoms with van der Waals surface area (Å²) in [6.45, 7) is 4.87. The van der Waals surface area contributed by atoms with Crippen LogP contribution in [0.3, 0.4) is 0 Å². The molecule has 0 radical (unpaired) electrons. The van der Waals surface area contributed by atoms with E-state index in [1.165, 1.54) is 5.56 Å². The molecule has 0 saturated carbocycles. The van der Waals surface area contributed by atoms with Crippen molar-refractivity contribution in [1.82, 2.24) is 0 Å². The lowest BCUT2D eigenvalue weighted by Gasteiger charge is -2.34. The number of hydrogen-bond acceptors (Lipinski definition) is 3. The van der Waals surface area contributed by atoms with E-state index in [4.69, 9.17) is 10.5 Å². The molecule has 24 heavy (non-hydrogen) atoms. The normalized spacial score (nSPS) is 16.7. The predicted molar refractivity (Wildman–Crippen MR) is 97.4 cm³/mol. The summed E-state index contributed by atoms with van der Waals surface area (Å²) in [6, 6.07) is 13.9. The van der Waals surface area contributed by atoms with Gasteiger partial charge in [-0.2, -0.15) is 0 Å². The second kappa shape index (κ2) is 6.95. The van der Waals surface area contributed by atoms with Crippen LogP contribution in [0.25, 0.3) is 0 Å². The molecule has 0 bridgehead atoms. The molecular formula is C20H24N2O2. The molecule has 1 unspecified atom stereocenters. The second-order valence-electron chi connectivity index (χ2n) is 6.20. The number of anilines is 2. The van der Waals surface area contributed by atoms with E-state index in [2.05, 4.69) is 38.1 Å². The largest absolute Gasteiger partial charge is 0.478 e. The quantitative estimate of drug-likeness (QED) is 0.855. The standard InChI is InChI=1S/C20H24N2O2/c1-3-11-22-17-13-16(21)9-10-18(17)24-19(20(22)23)12-15-7-5-14(4-2)6-8-15/h5-10,13,19H,3-4,11-12,21H2,1-2H3. The molecule has 1 heterocycles. The van der Waals surface area contributed by atoms with Gasteiger partial charge in [0.1, 0.15) is 5.75 Å². The van der Waals surface area contributed by atoms with Crippen molar-refractivity contribution in [3.8, 4) is 5.75 Å². The van der Waals surface area contributed by atoms with Crippen LogP contribution in [0.1, 0.15) is 31.4 Å². The number of rotatable bonds is 5. The molecule has 4 heteroatoms. The maximum absolute atomic E-state index is 12.9. The summed E-state index contributed by atoms with van der Waals surface area (Å²) in [5, 5.41) is 0. The van der Waals surface area contributed by atoms with Gasteiger partial charge in [0.15, 0.2) is 6.10 Å². The zero-order valence-corrected chi connectivity index (χ0v) is 14.3. The van der Waals surface area contributed by atoms with Gasteiger partial charge in [0.25, 0.3) is 5.91 Å². The third kappa shape index (κ3) is 3.23. The maximum Gasteiger partial charge on any atom is 0.268 e. The zero-order valence-electron chi connectivity index (χ0n) is 14.3. The van der Waals surface area contributed by atoms with Crippen LogP contribution < -0.4 is 15.4 Å². The first kappa shape index (κ1) is 16.4. The van der Waals surface area contributed by atoms with Gasteiger partial charge in [0.05, 0.1) is 5.69 Å². The van der Waals surface area contributed by atoms with Crippen LogP contribution in [0, 0.1) is 0 Å². The second-order valence-corrected chi connectivity index (χ2v) is 6.20. The summed E-state index contributed by atoms with van der Waals surface area (Å²) in [4.78, 5) is 14.7. The van der Waals surface area contributed by atoms with Crippen molar-refractivity contribution < 1.29 is 9.53 Å². The summed E-state index contributed by atoms with van der Waals surface area (Å²) >= 11 is 0. The first-order chi connectivity index (χ1) is 11.6. The first-order valence-electron chi connectivity index (χ1n) is 8.57. The number of nitrogens with zero attached hydrogens (tertiary/aromatic N) is 1. The Hall–Kier alpha value is -2.49. The van der Waals surface area contributed by atoms with Crippen molar-refractivity contribution in [2.24, 2.45) is 0 Å². The summed E-state index contributed by atoms with van der Waals surface area (Å²) in [7, 11) is 0. The van der Waals surface area contributed by atoms with Gasteiger partial charge in [-0.1, -0.05) is 38.1 Å². The average Bonchev–Trinajstić information content (AvgIpc) is 2.60. The highest BCUT2D eigenvalue weighted by atomic mass is 16.5. The average molecular weight is 324 g/mol. The fourth-order valence-corrected chi connectivity index (χ4v) is 3.05. The third-order valence-corrected chi connectivity index (χ3v) is 4.38. The Balaban J connectivity index is 1.86. The lowest BCUT2D eigenvalue weighted by Crippen LogP contribution is -2.47. The SMILES string of the molecule is CCCN1C(=O)C(Cc2ccc(CC)cc2)Oc2ccc(N)cc21. The van der Waals surface area contributed by atoms with E-state index in [1.807, 2.05) is 18.2 Å². The van der Waals surface area contributed by atoms with E-state index in [0.29, 0.717) is 18.7 Å². The van der Waals surface area contributed by atoms with Crippen LogP contribution in [-0.4, -0.2) is 18.6 Å².